The van der Waals surface area contributed by atoms with Gasteiger partial charge in [0.1, 0.15) is 5.75 Å². The molecule has 1 amide bonds. The number of benzene rings is 2. The normalized spacial score (nSPS) is 12.4. The Morgan fingerprint density at radius 3 is 2.47 bits per heavy atom. The van der Waals surface area contributed by atoms with E-state index < -0.39 is 12.0 Å². The SMILES string of the molecule is CC(C)C(Oc1ccc2ccccc2c1)C(=O)NO. The molecule has 0 saturated carbocycles. The molecule has 0 aliphatic heterocycles. The minimum absolute atomic E-state index is 0.0429. The Labute approximate surface area is 112 Å². The lowest BCUT2D eigenvalue weighted by Gasteiger charge is -2.20. The predicted octanol–water partition coefficient (Wildman–Crippen LogP) is 2.75. The first kappa shape index (κ1) is 13.4. The van der Waals surface area contributed by atoms with E-state index in [1.807, 2.05) is 56.3 Å². The van der Waals surface area contributed by atoms with E-state index in [0.717, 1.165) is 10.8 Å². The summed E-state index contributed by atoms with van der Waals surface area (Å²) in [7, 11) is 0. The van der Waals surface area contributed by atoms with Crippen molar-refractivity contribution in [2.75, 3.05) is 0 Å². The van der Waals surface area contributed by atoms with E-state index in [9.17, 15) is 4.79 Å². The third-order valence-corrected chi connectivity index (χ3v) is 2.96. The number of carbonyl (C=O) groups excluding carboxylic acids is 1. The van der Waals surface area contributed by atoms with Crippen LogP contribution in [0, 0.1) is 5.92 Å². The van der Waals surface area contributed by atoms with Gasteiger partial charge in [-0.3, -0.25) is 10.0 Å². The molecule has 0 spiro atoms. The summed E-state index contributed by atoms with van der Waals surface area (Å²) >= 11 is 0. The number of carbonyl (C=O) groups is 1. The van der Waals surface area contributed by atoms with Crippen molar-refractivity contribution in [1.82, 2.24) is 5.48 Å². The van der Waals surface area contributed by atoms with Crippen LogP contribution in [-0.2, 0) is 4.79 Å². The molecule has 2 N–H and O–H groups in total. The molecule has 0 aliphatic rings. The third kappa shape index (κ3) is 3.03. The summed E-state index contributed by atoms with van der Waals surface area (Å²) in [6, 6.07) is 13.6. The molecule has 2 aromatic carbocycles. The molecule has 2 rings (SSSR count). The number of nitrogens with one attached hydrogen (secondary N) is 1. The third-order valence-electron chi connectivity index (χ3n) is 2.96. The number of fused-ring (bicyclic) bond motifs is 1. The largest absolute Gasteiger partial charge is 0.480 e. The van der Waals surface area contributed by atoms with Gasteiger partial charge in [0, 0.05) is 0 Å². The van der Waals surface area contributed by atoms with Crippen LogP contribution in [0.3, 0.4) is 0 Å². The summed E-state index contributed by atoms with van der Waals surface area (Å²) < 4.78 is 5.66. The number of hydrogen-bond acceptors (Lipinski definition) is 3. The van der Waals surface area contributed by atoms with E-state index in [-0.39, 0.29) is 5.92 Å². The van der Waals surface area contributed by atoms with Crippen molar-refractivity contribution >= 4 is 16.7 Å². The van der Waals surface area contributed by atoms with Crippen molar-refractivity contribution in [2.45, 2.75) is 20.0 Å². The van der Waals surface area contributed by atoms with Gasteiger partial charge in [0.05, 0.1) is 0 Å². The predicted molar refractivity (Wildman–Crippen MR) is 73.1 cm³/mol. The maximum absolute atomic E-state index is 11.5. The average Bonchev–Trinajstić information content (AvgIpc) is 2.43. The Balaban J connectivity index is 2.26. The van der Waals surface area contributed by atoms with Crippen molar-refractivity contribution < 1.29 is 14.7 Å². The van der Waals surface area contributed by atoms with Gasteiger partial charge >= 0.3 is 0 Å². The second-order valence-electron chi connectivity index (χ2n) is 4.77. The van der Waals surface area contributed by atoms with Crippen LogP contribution in [0.5, 0.6) is 5.75 Å². The summed E-state index contributed by atoms with van der Waals surface area (Å²) in [6.07, 6.45) is -0.717. The Hall–Kier alpha value is -2.07. The second-order valence-corrected chi connectivity index (χ2v) is 4.77. The molecule has 19 heavy (non-hydrogen) atoms. The molecule has 0 heterocycles. The van der Waals surface area contributed by atoms with Crippen LogP contribution >= 0.6 is 0 Å². The number of hydrogen-bond donors (Lipinski definition) is 2. The molecule has 0 radical (unpaired) electrons. The zero-order valence-electron chi connectivity index (χ0n) is 11.0. The smallest absolute Gasteiger partial charge is 0.284 e. The maximum Gasteiger partial charge on any atom is 0.284 e. The lowest BCUT2D eigenvalue weighted by molar-refractivity contribution is -0.138. The van der Waals surface area contributed by atoms with E-state index in [1.165, 1.54) is 0 Å². The van der Waals surface area contributed by atoms with Crippen molar-refractivity contribution in [3.05, 3.63) is 42.5 Å². The molecule has 0 fully saturated rings. The van der Waals surface area contributed by atoms with Gasteiger partial charge in [-0.25, -0.2) is 5.48 Å². The van der Waals surface area contributed by atoms with Crippen molar-refractivity contribution in [2.24, 2.45) is 5.92 Å². The number of amides is 1. The quantitative estimate of drug-likeness (QED) is 0.655. The molecule has 1 atom stereocenters. The van der Waals surface area contributed by atoms with E-state index in [1.54, 1.807) is 5.48 Å². The molecular formula is C15H17NO3. The molecule has 0 saturated heterocycles. The van der Waals surface area contributed by atoms with Crippen LogP contribution in [0.25, 0.3) is 10.8 Å². The Morgan fingerprint density at radius 2 is 1.84 bits per heavy atom. The monoisotopic (exact) mass is 259 g/mol. The molecule has 2 aromatic rings. The van der Waals surface area contributed by atoms with Crippen LogP contribution in [0.15, 0.2) is 42.5 Å². The van der Waals surface area contributed by atoms with Gasteiger partial charge in [-0.2, -0.15) is 0 Å². The Morgan fingerprint density at radius 1 is 1.16 bits per heavy atom. The van der Waals surface area contributed by atoms with Gasteiger partial charge in [-0.05, 0) is 28.8 Å². The first-order valence-electron chi connectivity index (χ1n) is 6.21. The Kier molecular flexibility index (Phi) is 4.02. The maximum atomic E-state index is 11.5. The van der Waals surface area contributed by atoms with E-state index in [2.05, 4.69) is 0 Å². The highest BCUT2D eigenvalue weighted by Gasteiger charge is 2.23. The van der Waals surface area contributed by atoms with Crippen LogP contribution in [0.2, 0.25) is 0 Å². The lowest BCUT2D eigenvalue weighted by Crippen LogP contribution is -2.40. The standard InChI is InChI=1S/C15H17NO3/c1-10(2)14(15(17)16-18)19-13-8-7-11-5-3-4-6-12(11)9-13/h3-10,14,18H,1-2H3,(H,16,17). The zero-order valence-corrected chi connectivity index (χ0v) is 11.0. The summed E-state index contributed by atoms with van der Waals surface area (Å²) in [5.74, 6) is 0.0304. The molecular weight excluding hydrogens is 242 g/mol. The van der Waals surface area contributed by atoms with Crippen LogP contribution in [-0.4, -0.2) is 17.2 Å². The molecule has 0 aliphatic carbocycles. The first-order chi connectivity index (χ1) is 9.11. The van der Waals surface area contributed by atoms with Gasteiger partial charge in [0.2, 0.25) is 0 Å². The van der Waals surface area contributed by atoms with E-state index in [0.29, 0.717) is 5.75 Å². The molecule has 0 bridgehead atoms. The van der Waals surface area contributed by atoms with Gasteiger partial charge in [0.15, 0.2) is 6.10 Å². The second kappa shape index (κ2) is 5.71. The number of hydroxylamine groups is 1. The van der Waals surface area contributed by atoms with Gasteiger partial charge in [0.25, 0.3) is 5.91 Å². The summed E-state index contributed by atoms with van der Waals surface area (Å²) in [5, 5.41) is 10.9. The van der Waals surface area contributed by atoms with Gasteiger partial charge < -0.3 is 4.74 Å². The van der Waals surface area contributed by atoms with E-state index in [4.69, 9.17) is 9.94 Å². The molecule has 4 nitrogen and oxygen atoms in total. The zero-order chi connectivity index (χ0) is 13.8. The summed E-state index contributed by atoms with van der Waals surface area (Å²) in [4.78, 5) is 11.5. The van der Waals surface area contributed by atoms with Gasteiger partial charge in [-0.1, -0.05) is 44.2 Å². The van der Waals surface area contributed by atoms with E-state index >= 15 is 0 Å². The minimum atomic E-state index is -0.717. The fourth-order valence-electron chi connectivity index (χ4n) is 1.94. The van der Waals surface area contributed by atoms with Crippen LogP contribution in [0.1, 0.15) is 13.8 Å². The lowest BCUT2D eigenvalue weighted by atomic mass is 10.1. The van der Waals surface area contributed by atoms with Crippen LogP contribution < -0.4 is 10.2 Å². The summed E-state index contributed by atoms with van der Waals surface area (Å²) in [5.41, 5.74) is 1.64. The first-order valence-corrected chi connectivity index (χ1v) is 6.21. The molecule has 0 aromatic heterocycles. The van der Waals surface area contributed by atoms with Crippen molar-refractivity contribution in [3.63, 3.8) is 0 Å². The number of ether oxygens (including phenoxy) is 1. The topological polar surface area (TPSA) is 58.6 Å². The highest BCUT2D eigenvalue weighted by molar-refractivity contribution is 5.84. The van der Waals surface area contributed by atoms with Gasteiger partial charge in [-0.15, -0.1) is 0 Å². The molecule has 1 unspecified atom stereocenters. The average molecular weight is 259 g/mol. The highest BCUT2D eigenvalue weighted by Crippen LogP contribution is 2.22. The highest BCUT2D eigenvalue weighted by atomic mass is 16.5. The number of rotatable bonds is 4. The van der Waals surface area contributed by atoms with Crippen molar-refractivity contribution in [3.8, 4) is 5.75 Å². The fraction of sp³-hybridized carbons (Fsp3) is 0.267. The Bertz CT molecular complexity index is 580. The van der Waals surface area contributed by atoms with Crippen molar-refractivity contribution in [1.29, 1.82) is 0 Å². The molecule has 100 valence electrons. The minimum Gasteiger partial charge on any atom is -0.480 e. The molecule has 4 heteroatoms. The summed E-state index contributed by atoms with van der Waals surface area (Å²) in [6.45, 7) is 3.72. The fourth-order valence-corrected chi connectivity index (χ4v) is 1.94. The van der Waals surface area contributed by atoms with Crippen LogP contribution in [0.4, 0.5) is 0 Å².